The van der Waals surface area contributed by atoms with Crippen LogP contribution in [0.2, 0.25) is 0 Å². The molecule has 0 atom stereocenters. The summed E-state index contributed by atoms with van der Waals surface area (Å²) in [5, 5.41) is 9.40. The Balaban J connectivity index is 0. The monoisotopic (exact) mass is 316 g/mol. The van der Waals surface area contributed by atoms with Crippen LogP contribution in [0.15, 0.2) is 12.1 Å². The smallest absolute Gasteiger partial charge is 1.00 e. The van der Waals surface area contributed by atoms with Crippen LogP contribution in [0.25, 0.3) is 0 Å². The summed E-state index contributed by atoms with van der Waals surface area (Å²) in [6, 6.07) is 3.05. The van der Waals surface area contributed by atoms with Crippen LogP contribution in [0.5, 0.6) is 11.5 Å². The molecule has 1 N–H and O–H groups in total. The Bertz CT molecular complexity index is 357. The van der Waals surface area contributed by atoms with Crippen molar-refractivity contribution in [1.29, 1.82) is 0 Å². The molecule has 1 aromatic carbocycles. The van der Waals surface area contributed by atoms with Crippen molar-refractivity contribution in [2.24, 2.45) is 0 Å². The minimum atomic E-state index is -0.174. The Morgan fingerprint density at radius 2 is 2.14 bits per heavy atom. The van der Waals surface area contributed by atoms with Crippen LogP contribution in [-0.2, 0) is 0 Å². The molecule has 0 saturated heterocycles. The van der Waals surface area contributed by atoms with Gasteiger partial charge in [0.15, 0.2) is 5.78 Å². The number of carbonyl (C=O) groups is 1. The van der Waals surface area contributed by atoms with Crippen LogP contribution in [0, 0.1) is 3.57 Å². The number of rotatable bonds is 2. The first-order valence-electron chi connectivity index (χ1n) is 3.63. The van der Waals surface area contributed by atoms with E-state index in [1.165, 1.54) is 20.1 Å². The van der Waals surface area contributed by atoms with E-state index in [0.29, 0.717) is 5.75 Å². The summed E-state index contributed by atoms with van der Waals surface area (Å²) < 4.78 is 5.80. The zero-order chi connectivity index (χ0) is 10.0. The second-order valence-corrected chi connectivity index (χ2v) is 3.72. The van der Waals surface area contributed by atoms with Gasteiger partial charge in [0.05, 0.1) is 16.2 Å². The van der Waals surface area contributed by atoms with E-state index in [1.54, 1.807) is 6.07 Å². The first-order valence-corrected chi connectivity index (χ1v) is 4.71. The largest absolute Gasteiger partial charge is 1.00 e. The molecule has 0 spiro atoms. The molecule has 0 fully saturated rings. The number of carbonyl (C=O) groups excluding carboxylic acids is 1. The molecule has 1 rings (SSSR count). The molecular weight excluding hydrogens is 306 g/mol. The number of phenols is 1. The second-order valence-electron chi connectivity index (χ2n) is 2.56. The number of Topliss-reactive ketones (excluding diaryl/α,β-unsaturated/α-hetero) is 1. The van der Waals surface area contributed by atoms with Crippen molar-refractivity contribution in [2.45, 2.75) is 6.92 Å². The van der Waals surface area contributed by atoms with Gasteiger partial charge in [-0.15, -0.1) is 0 Å². The van der Waals surface area contributed by atoms with Crippen LogP contribution >= 0.6 is 22.6 Å². The van der Waals surface area contributed by atoms with E-state index in [1.807, 2.05) is 22.6 Å². The molecule has 0 heterocycles. The van der Waals surface area contributed by atoms with Gasteiger partial charge < -0.3 is 11.3 Å². The number of ether oxygens (including phenoxy) is 1. The Labute approximate surface area is 120 Å². The normalized spacial score (nSPS) is 9.07. The third-order valence-corrected chi connectivity index (χ3v) is 2.49. The zero-order valence-corrected chi connectivity index (χ0v) is 12.5. The standard InChI is InChI=1S/C9H9IO3.Na.H/c1-5(11)6-3-9(13-2)7(10)4-8(6)12;;/h3-4,12H,1-2H3;;/q;+1;-1. The number of hydrogen-bond donors (Lipinski definition) is 1. The molecule has 0 saturated carbocycles. The minimum Gasteiger partial charge on any atom is -1.00 e. The van der Waals surface area contributed by atoms with E-state index in [4.69, 9.17) is 4.74 Å². The Morgan fingerprint density at radius 3 is 2.57 bits per heavy atom. The summed E-state index contributed by atoms with van der Waals surface area (Å²) in [6.07, 6.45) is 0. The molecule has 14 heavy (non-hydrogen) atoms. The van der Waals surface area contributed by atoms with Gasteiger partial charge in [-0.05, 0) is 41.6 Å². The fourth-order valence-electron chi connectivity index (χ4n) is 0.981. The summed E-state index contributed by atoms with van der Waals surface area (Å²) in [6.45, 7) is 1.40. The number of phenolic OH excluding ortho intramolecular Hbond substituents is 1. The number of aromatic hydroxyl groups is 1. The quantitative estimate of drug-likeness (QED) is 0.447. The van der Waals surface area contributed by atoms with Crippen molar-refractivity contribution in [1.82, 2.24) is 0 Å². The van der Waals surface area contributed by atoms with Gasteiger partial charge in [0, 0.05) is 0 Å². The van der Waals surface area contributed by atoms with Crippen molar-refractivity contribution in [2.75, 3.05) is 7.11 Å². The zero-order valence-electron chi connectivity index (χ0n) is 9.30. The number of hydrogen-bond acceptors (Lipinski definition) is 3. The maximum atomic E-state index is 11.0. The first kappa shape index (κ1) is 14.2. The molecule has 0 bridgehead atoms. The summed E-state index contributed by atoms with van der Waals surface area (Å²) in [5.74, 6) is 0.425. The van der Waals surface area contributed by atoms with E-state index < -0.39 is 0 Å². The average molecular weight is 316 g/mol. The Kier molecular flexibility index (Phi) is 6.04. The molecule has 0 aliphatic carbocycles. The van der Waals surface area contributed by atoms with E-state index in [9.17, 15) is 9.90 Å². The Morgan fingerprint density at radius 1 is 1.57 bits per heavy atom. The van der Waals surface area contributed by atoms with Crippen LogP contribution in [0.1, 0.15) is 18.7 Å². The predicted octanol–water partition coefficient (Wildman–Crippen LogP) is -0.675. The average Bonchev–Trinajstić information content (AvgIpc) is 2.03. The molecule has 0 aliphatic heterocycles. The van der Waals surface area contributed by atoms with E-state index in [2.05, 4.69) is 0 Å². The summed E-state index contributed by atoms with van der Waals surface area (Å²) in [5.41, 5.74) is 0.289. The van der Waals surface area contributed by atoms with Crippen LogP contribution < -0.4 is 34.3 Å². The van der Waals surface area contributed by atoms with Crippen molar-refractivity contribution in [3.63, 3.8) is 0 Å². The van der Waals surface area contributed by atoms with E-state index >= 15 is 0 Å². The topological polar surface area (TPSA) is 46.5 Å². The number of halogens is 1. The molecular formula is C9H10INaO3. The first-order chi connectivity index (χ1) is 6.06. The molecule has 72 valence electrons. The van der Waals surface area contributed by atoms with Gasteiger partial charge in [-0.25, -0.2) is 0 Å². The molecule has 0 radical (unpaired) electrons. The van der Waals surface area contributed by atoms with Crippen LogP contribution in [0.4, 0.5) is 0 Å². The van der Waals surface area contributed by atoms with Gasteiger partial charge in [0.1, 0.15) is 11.5 Å². The predicted molar refractivity (Wildman–Crippen MR) is 58.5 cm³/mol. The fourth-order valence-corrected chi connectivity index (χ4v) is 1.65. The van der Waals surface area contributed by atoms with Gasteiger partial charge in [0.25, 0.3) is 0 Å². The third kappa shape index (κ3) is 3.12. The summed E-state index contributed by atoms with van der Waals surface area (Å²) in [7, 11) is 1.53. The van der Waals surface area contributed by atoms with Gasteiger partial charge in [-0.3, -0.25) is 4.79 Å². The molecule has 0 unspecified atom stereocenters. The minimum absolute atomic E-state index is 0. The SMILES string of the molecule is COc1cc(C(C)=O)c(O)cc1I.[H-].[Na+]. The molecule has 5 heteroatoms. The third-order valence-electron chi connectivity index (χ3n) is 1.65. The summed E-state index contributed by atoms with van der Waals surface area (Å²) >= 11 is 2.03. The summed E-state index contributed by atoms with van der Waals surface area (Å²) in [4.78, 5) is 11.0. The molecule has 1 aromatic rings. The van der Waals surface area contributed by atoms with E-state index in [0.717, 1.165) is 3.57 Å². The van der Waals surface area contributed by atoms with Crippen molar-refractivity contribution in [3.8, 4) is 11.5 Å². The van der Waals surface area contributed by atoms with Gasteiger partial charge in [-0.1, -0.05) is 0 Å². The van der Waals surface area contributed by atoms with E-state index in [-0.39, 0.29) is 48.1 Å². The number of ketones is 1. The van der Waals surface area contributed by atoms with Crippen LogP contribution in [-0.4, -0.2) is 18.0 Å². The van der Waals surface area contributed by atoms with Gasteiger partial charge >= 0.3 is 29.6 Å². The fraction of sp³-hybridized carbons (Fsp3) is 0.222. The Hall–Kier alpha value is 0.220. The second kappa shape index (κ2) is 5.95. The molecule has 3 nitrogen and oxygen atoms in total. The number of methoxy groups -OCH3 is 1. The maximum Gasteiger partial charge on any atom is 1.00 e. The molecule has 0 aliphatic rings. The van der Waals surface area contributed by atoms with Crippen molar-refractivity contribution >= 4 is 28.4 Å². The number of benzene rings is 1. The van der Waals surface area contributed by atoms with Crippen molar-refractivity contribution < 1.29 is 45.6 Å². The molecule has 0 aromatic heterocycles. The maximum absolute atomic E-state index is 11.0. The van der Waals surface area contributed by atoms with Crippen molar-refractivity contribution in [3.05, 3.63) is 21.3 Å². The van der Waals surface area contributed by atoms with Gasteiger partial charge in [-0.2, -0.15) is 0 Å². The van der Waals surface area contributed by atoms with Gasteiger partial charge in [0.2, 0.25) is 0 Å². The van der Waals surface area contributed by atoms with Crippen LogP contribution in [0.3, 0.4) is 0 Å². The molecule has 0 amide bonds.